The van der Waals surface area contributed by atoms with Gasteiger partial charge in [-0.1, -0.05) is 28.1 Å². The lowest BCUT2D eigenvalue weighted by Gasteiger charge is -2.21. The minimum absolute atomic E-state index is 0.0778. The van der Waals surface area contributed by atoms with Crippen molar-refractivity contribution in [2.45, 2.75) is 18.9 Å². The Morgan fingerprint density at radius 1 is 1.24 bits per heavy atom. The van der Waals surface area contributed by atoms with E-state index >= 15 is 0 Å². The molecule has 2 aromatic carbocycles. The zero-order valence-corrected chi connectivity index (χ0v) is 12.8. The highest BCUT2D eigenvalue weighted by atomic mass is 79.9. The van der Waals surface area contributed by atoms with Crippen LogP contribution in [0.5, 0.6) is 0 Å². The average Bonchev–Trinajstić information content (AvgIpc) is 2.45. The zero-order valence-electron chi connectivity index (χ0n) is 11.2. The minimum atomic E-state index is -0.537. The summed E-state index contributed by atoms with van der Waals surface area (Å²) in [6.45, 7) is 0. The molecular weight excluding hydrogens is 335 g/mol. The Morgan fingerprint density at radius 2 is 2.05 bits per heavy atom. The summed E-state index contributed by atoms with van der Waals surface area (Å²) in [5, 5.41) is 2.69. The molecule has 1 unspecified atom stereocenters. The van der Waals surface area contributed by atoms with Gasteiger partial charge in [-0.3, -0.25) is 4.79 Å². The molecule has 2 aromatic rings. The van der Waals surface area contributed by atoms with Gasteiger partial charge in [0, 0.05) is 22.1 Å². The highest BCUT2D eigenvalue weighted by Crippen LogP contribution is 2.31. The van der Waals surface area contributed by atoms with Crippen LogP contribution in [0.2, 0.25) is 0 Å². The van der Waals surface area contributed by atoms with E-state index in [1.54, 1.807) is 6.07 Å². The molecule has 1 atom stereocenters. The summed E-state index contributed by atoms with van der Waals surface area (Å²) in [5.74, 6) is -0.477. The molecule has 3 N–H and O–H groups in total. The summed E-state index contributed by atoms with van der Waals surface area (Å²) in [4.78, 5) is 11.4. The summed E-state index contributed by atoms with van der Waals surface area (Å²) < 4.78 is 15.2. The third-order valence-electron chi connectivity index (χ3n) is 3.66. The van der Waals surface area contributed by atoms with Crippen molar-refractivity contribution in [3.8, 4) is 0 Å². The van der Waals surface area contributed by atoms with E-state index in [0.29, 0.717) is 24.1 Å². The van der Waals surface area contributed by atoms with E-state index in [1.165, 1.54) is 6.07 Å². The molecular formula is C16H14BrFN2O. The first-order chi connectivity index (χ1) is 10.0. The summed E-state index contributed by atoms with van der Waals surface area (Å²) >= 11 is 3.39. The van der Waals surface area contributed by atoms with Crippen LogP contribution in [0, 0.1) is 5.82 Å². The smallest absolute Gasteiger partial charge is 0.224 e. The zero-order chi connectivity index (χ0) is 15.0. The molecule has 0 aromatic heterocycles. The van der Waals surface area contributed by atoms with Gasteiger partial charge in [0.15, 0.2) is 0 Å². The van der Waals surface area contributed by atoms with Crippen LogP contribution in [0.1, 0.15) is 29.2 Å². The SMILES string of the molecule is NC(c1cccc(Br)c1)c1cc2c(cc1F)NC(=O)CC2. The number of hydrogen-bond donors (Lipinski definition) is 2. The first kappa shape index (κ1) is 14.2. The lowest BCUT2D eigenvalue weighted by molar-refractivity contribution is -0.116. The van der Waals surface area contributed by atoms with E-state index in [0.717, 1.165) is 15.6 Å². The second kappa shape index (κ2) is 5.58. The van der Waals surface area contributed by atoms with Gasteiger partial charge >= 0.3 is 0 Å². The van der Waals surface area contributed by atoms with Crippen LogP contribution >= 0.6 is 15.9 Å². The van der Waals surface area contributed by atoms with E-state index in [1.807, 2.05) is 24.3 Å². The monoisotopic (exact) mass is 348 g/mol. The number of carbonyl (C=O) groups is 1. The van der Waals surface area contributed by atoms with Gasteiger partial charge in [0.1, 0.15) is 5.82 Å². The second-order valence-corrected chi connectivity index (χ2v) is 6.03. The Morgan fingerprint density at radius 3 is 2.81 bits per heavy atom. The van der Waals surface area contributed by atoms with Gasteiger partial charge < -0.3 is 11.1 Å². The van der Waals surface area contributed by atoms with Crippen molar-refractivity contribution in [3.05, 3.63) is 63.4 Å². The van der Waals surface area contributed by atoms with E-state index in [4.69, 9.17) is 5.73 Å². The lowest BCUT2D eigenvalue weighted by atomic mass is 9.94. The van der Waals surface area contributed by atoms with Crippen LogP contribution in [0.25, 0.3) is 0 Å². The quantitative estimate of drug-likeness (QED) is 0.872. The van der Waals surface area contributed by atoms with E-state index in [2.05, 4.69) is 21.2 Å². The van der Waals surface area contributed by atoms with Crippen LogP contribution in [0.4, 0.5) is 10.1 Å². The molecule has 0 fully saturated rings. The highest BCUT2D eigenvalue weighted by Gasteiger charge is 2.21. The van der Waals surface area contributed by atoms with Crippen molar-refractivity contribution in [1.29, 1.82) is 0 Å². The molecule has 21 heavy (non-hydrogen) atoms. The molecule has 0 radical (unpaired) electrons. The number of rotatable bonds is 2. The average molecular weight is 349 g/mol. The minimum Gasteiger partial charge on any atom is -0.326 e. The Bertz CT molecular complexity index is 717. The lowest BCUT2D eigenvalue weighted by Crippen LogP contribution is -2.21. The number of amides is 1. The molecule has 3 nitrogen and oxygen atoms in total. The molecule has 108 valence electrons. The van der Waals surface area contributed by atoms with Crippen molar-refractivity contribution in [2.75, 3.05) is 5.32 Å². The van der Waals surface area contributed by atoms with Crippen molar-refractivity contribution in [1.82, 2.24) is 0 Å². The molecule has 0 saturated carbocycles. The maximum atomic E-state index is 14.3. The van der Waals surface area contributed by atoms with Gasteiger partial charge in [0.25, 0.3) is 0 Å². The van der Waals surface area contributed by atoms with Crippen LogP contribution in [-0.4, -0.2) is 5.91 Å². The molecule has 0 bridgehead atoms. The molecule has 3 rings (SSSR count). The fourth-order valence-electron chi connectivity index (χ4n) is 2.54. The Kier molecular flexibility index (Phi) is 3.78. The first-order valence-electron chi connectivity index (χ1n) is 6.68. The van der Waals surface area contributed by atoms with Gasteiger partial charge in [-0.25, -0.2) is 4.39 Å². The molecule has 1 aliphatic heterocycles. The van der Waals surface area contributed by atoms with Crippen molar-refractivity contribution in [2.24, 2.45) is 5.73 Å². The van der Waals surface area contributed by atoms with Crippen LogP contribution < -0.4 is 11.1 Å². The molecule has 0 aliphatic carbocycles. The standard InChI is InChI=1S/C16H14BrFN2O/c17-11-3-1-2-10(6-11)16(19)12-7-9-4-5-15(21)20-14(9)8-13(12)18/h1-3,6-8,16H,4-5,19H2,(H,20,21). The maximum Gasteiger partial charge on any atom is 0.224 e. The topological polar surface area (TPSA) is 55.1 Å². The number of carbonyl (C=O) groups excluding carboxylic acids is 1. The van der Waals surface area contributed by atoms with E-state index in [9.17, 15) is 9.18 Å². The third kappa shape index (κ3) is 2.84. The first-order valence-corrected chi connectivity index (χ1v) is 7.47. The predicted molar refractivity (Wildman–Crippen MR) is 83.5 cm³/mol. The van der Waals surface area contributed by atoms with Crippen molar-refractivity contribution >= 4 is 27.5 Å². The van der Waals surface area contributed by atoms with E-state index < -0.39 is 11.9 Å². The van der Waals surface area contributed by atoms with Crippen molar-refractivity contribution < 1.29 is 9.18 Å². The molecule has 1 amide bonds. The van der Waals surface area contributed by atoms with Gasteiger partial charge in [0.2, 0.25) is 5.91 Å². The number of nitrogens with one attached hydrogen (secondary N) is 1. The predicted octanol–water partition coefficient (Wildman–Crippen LogP) is 3.52. The van der Waals surface area contributed by atoms with Crippen LogP contribution in [-0.2, 0) is 11.2 Å². The number of halogens is 2. The largest absolute Gasteiger partial charge is 0.326 e. The number of benzene rings is 2. The van der Waals surface area contributed by atoms with Gasteiger partial charge in [-0.2, -0.15) is 0 Å². The van der Waals surface area contributed by atoms with Crippen LogP contribution in [0.15, 0.2) is 40.9 Å². The molecule has 1 aliphatic rings. The summed E-state index contributed by atoms with van der Waals surface area (Å²) in [5.41, 5.74) is 8.96. The second-order valence-electron chi connectivity index (χ2n) is 5.11. The fourth-order valence-corrected chi connectivity index (χ4v) is 2.96. The summed E-state index contributed by atoms with van der Waals surface area (Å²) in [6, 6.07) is 10.1. The summed E-state index contributed by atoms with van der Waals surface area (Å²) in [6.07, 6.45) is 1.03. The highest BCUT2D eigenvalue weighted by molar-refractivity contribution is 9.10. The number of aryl methyl sites for hydroxylation is 1. The van der Waals surface area contributed by atoms with Crippen LogP contribution in [0.3, 0.4) is 0 Å². The van der Waals surface area contributed by atoms with Crippen molar-refractivity contribution in [3.63, 3.8) is 0 Å². The fraction of sp³-hybridized carbons (Fsp3) is 0.188. The molecule has 0 saturated heterocycles. The number of nitrogens with two attached hydrogens (primary N) is 1. The number of hydrogen-bond acceptors (Lipinski definition) is 2. The van der Waals surface area contributed by atoms with Gasteiger partial charge in [-0.05, 0) is 41.8 Å². The van der Waals surface area contributed by atoms with Gasteiger partial charge in [-0.15, -0.1) is 0 Å². The Balaban J connectivity index is 2.01. The Hall–Kier alpha value is -1.72. The number of fused-ring (bicyclic) bond motifs is 1. The molecule has 1 heterocycles. The normalized spacial score (nSPS) is 15.3. The molecule has 5 heteroatoms. The van der Waals surface area contributed by atoms with Gasteiger partial charge in [0.05, 0.1) is 6.04 Å². The number of anilines is 1. The maximum absolute atomic E-state index is 14.3. The third-order valence-corrected chi connectivity index (χ3v) is 4.15. The van der Waals surface area contributed by atoms with E-state index in [-0.39, 0.29) is 5.91 Å². The summed E-state index contributed by atoms with van der Waals surface area (Å²) in [7, 11) is 0. The Labute approximate surface area is 130 Å². The molecule has 0 spiro atoms.